The first kappa shape index (κ1) is 28.3. The molecule has 0 radical (unpaired) electrons. The van der Waals surface area contributed by atoms with Crippen LogP contribution >= 0.6 is 0 Å². The van der Waals surface area contributed by atoms with Gasteiger partial charge in [0.1, 0.15) is 23.9 Å². The number of benzene rings is 2. The Hall–Kier alpha value is -3.24. The van der Waals surface area contributed by atoms with Gasteiger partial charge in [-0.3, -0.25) is 4.79 Å². The Balaban J connectivity index is 1.64. The second kappa shape index (κ2) is 11.7. The Morgan fingerprint density at radius 2 is 1.95 bits per heavy atom. The third-order valence-electron chi connectivity index (χ3n) is 7.60. The molecule has 0 bridgehead atoms. The van der Waals surface area contributed by atoms with Crippen molar-refractivity contribution >= 4 is 5.91 Å². The zero-order valence-corrected chi connectivity index (χ0v) is 23.1. The van der Waals surface area contributed by atoms with Crippen LogP contribution in [-0.2, 0) is 16.1 Å². The Labute approximate surface area is 232 Å². The van der Waals surface area contributed by atoms with Crippen LogP contribution < -0.4 is 5.32 Å². The van der Waals surface area contributed by atoms with Gasteiger partial charge in [0.2, 0.25) is 0 Å². The molecular formula is C30H36F3N5O2. The highest BCUT2D eigenvalue weighted by Crippen LogP contribution is 2.40. The number of hydrogen-bond donors (Lipinski definition) is 1. The molecule has 5 rings (SSSR count). The Morgan fingerprint density at radius 1 is 1.18 bits per heavy atom. The number of halogens is 3. The van der Waals surface area contributed by atoms with E-state index in [2.05, 4.69) is 10.4 Å². The van der Waals surface area contributed by atoms with Gasteiger partial charge >= 0.3 is 0 Å². The molecule has 2 fully saturated rings. The highest BCUT2D eigenvalue weighted by Gasteiger charge is 2.44. The fourth-order valence-corrected chi connectivity index (χ4v) is 5.62. The molecule has 2 saturated heterocycles. The number of carbonyl (C=O) groups excluding carboxylic acids is 1. The van der Waals surface area contributed by atoms with Crippen LogP contribution in [0.15, 0.2) is 48.5 Å². The maximum absolute atomic E-state index is 14.9. The van der Waals surface area contributed by atoms with Crippen LogP contribution in [0.2, 0.25) is 0 Å². The summed E-state index contributed by atoms with van der Waals surface area (Å²) in [5.74, 6) is -1.44. The summed E-state index contributed by atoms with van der Waals surface area (Å²) >= 11 is 0. The Morgan fingerprint density at radius 3 is 2.60 bits per heavy atom. The van der Waals surface area contributed by atoms with Crippen molar-refractivity contribution < 1.29 is 22.7 Å². The summed E-state index contributed by atoms with van der Waals surface area (Å²) in [6.45, 7) is 7.59. The number of nitrogens with one attached hydrogen (secondary N) is 1. The summed E-state index contributed by atoms with van der Waals surface area (Å²) in [6.07, 6.45) is -0.360. The lowest BCUT2D eigenvalue weighted by Gasteiger charge is -2.41. The minimum atomic E-state index is -1.10. The molecule has 7 nitrogen and oxygen atoms in total. The molecule has 0 aliphatic carbocycles. The number of rotatable bonds is 8. The molecule has 1 unspecified atom stereocenters. The maximum Gasteiger partial charge on any atom is 0.252 e. The van der Waals surface area contributed by atoms with E-state index >= 15 is 0 Å². The van der Waals surface area contributed by atoms with Crippen LogP contribution in [-0.4, -0.2) is 64.1 Å². The smallest absolute Gasteiger partial charge is 0.252 e. The van der Waals surface area contributed by atoms with Crippen LogP contribution in [0.5, 0.6) is 0 Å². The molecule has 0 spiro atoms. The van der Waals surface area contributed by atoms with Crippen molar-refractivity contribution in [1.29, 1.82) is 0 Å². The van der Waals surface area contributed by atoms with Crippen molar-refractivity contribution in [2.24, 2.45) is 11.3 Å². The van der Waals surface area contributed by atoms with Crippen LogP contribution in [0.25, 0.3) is 11.4 Å². The molecule has 1 N–H and O–H groups in total. The molecular weight excluding hydrogens is 519 g/mol. The fraction of sp³-hybridized carbons (Fsp3) is 0.500. The van der Waals surface area contributed by atoms with Gasteiger partial charge in [-0.15, -0.1) is 0 Å². The summed E-state index contributed by atoms with van der Waals surface area (Å²) in [7, 11) is 0. The molecule has 4 atom stereocenters. The van der Waals surface area contributed by atoms with E-state index in [4.69, 9.17) is 9.72 Å². The van der Waals surface area contributed by atoms with Crippen molar-refractivity contribution in [3.8, 4) is 11.4 Å². The van der Waals surface area contributed by atoms with Crippen molar-refractivity contribution in [2.75, 3.05) is 26.2 Å². The first-order chi connectivity index (χ1) is 19.1. The molecule has 10 heteroatoms. The normalized spacial score (nSPS) is 22.0. The van der Waals surface area contributed by atoms with Gasteiger partial charge < -0.3 is 15.0 Å². The first-order valence-electron chi connectivity index (χ1n) is 13.8. The first-order valence-corrected chi connectivity index (χ1v) is 13.8. The van der Waals surface area contributed by atoms with E-state index in [9.17, 15) is 18.0 Å². The monoisotopic (exact) mass is 555 g/mol. The van der Waals surface area contributed by atoms with E-state index in [1.54, 1.807) is 9.58 Å². The van der Waals surface area contributed by atoms with Crippen LogP contribution in [0.3, 0.4) is 0 Å². The zero-order chi connectivity index (χ0) is 28.4. The number of carbonyl (C=O) groups is 1. The summed E-state index contributed by atoms with van der Waals surface area (Å²) in [5.41, 5.74) is 0.278. The van der Waals surface area contributed by atoms with E-state index in [0.717, 1.165) is 30.2 Å². The second-order valence-corrected chi connectivity index (χ2v) is 11.8. The molecule has 1 amide bonds. The van der Waals surface area contributed by atoms with E-state index < -0.39 is 41.3 Å². The molecule has 2 aliphatic rings. The average Bonchev–Trinajstić information content (AvgIpc) is 3.67. The predicted octanol–water partition coefficient (Wildman–Crippen LogP) is 4.92. The fourth-order valence-electron chi connectivity index (χ4n) is 5.62. The molecule has 0 saturated carbocycles. The highest BCUT2D eigenvalue weighted by atomic mass is 19.1. The number of ether oxygens (including phenoxy) is 1. The minimum absolute atomic E-state index is 0.0209. The predicted molar refractivity (Wildman–Crippen MR) is 145 cm³/mol. The van der Waals surface area contributed by atoms with Gasteiger partial charge in [-0.2, -0.15) is 5.10 Å². The average molecular weight is 556 g/mol. The number of hydrogen-bond acceptors (Lipinski definition) is 5. The van der Waals surface area contributed by atoms with Crippen molar-refractivity contribution in [3.63, 3.8) is 0 Å². The third kappa shape index (κ3) is 6.07. The highest BCUT2D eigenvalue weighted by molar-refractivity contribution is 5.81. The number of nitrogens with zero attached hydrogens (tertiary/aromatic N) is 4. The molecule has 3 aromatic rings. The second-order valence-electron chi connectivity index (χ2n) is 11.8. The zero-order valence-electron chi connectivity index (χ0n) is 23.1. The molecule has 2 aliphatic heterocycles. The largest absolute Gasteiger partial charge is 0.368 e. The van der Waals surface area contributed by atoms with Gasteiger partial charge in [0.05, 0.1) is 18.2 Å². The molecule has 3 heterocycles. The van der Waals surface area contributed by atoms with E-state index in [-0.39, 0.29) is 30.4 Å². The number of amides is 1. The molecule has 1 aromatic heterocycles. The van der Waals surface area contributed by atoms with Crippen LogP contribution in [0.4, 0.5) is 13.2 Å². The lowest BCUT2D eigenvalue weighted by molar-refractivity contribution is -0.147. The van der Waals surface area contributed by atoms with Crippen molar-refractivity contribution in [2.45, 2.75) is 58.5 Å². The van der Waals surface area contributed by atoms with Crippen LogP contribution in [0.1, 0.15) is 51.0 Å². The summed E-state index contributed by atoms with van der Waals surface area (Å²) in [5, 5.41) is 7.72. The Kier molecular flexibility index (Phi) is 8.28. The molecule has 214 valence electrons. The van der Waals surface area contributed by atoms with Gasteiger partial charge in [0, 0.05) is 32.2 Å². The topological polar surface area (TPSA) is 72.3 Å². The van der Waals surface area contributed by atoms with Gasteiger partial charge in [0.25, 0.3) is 5.91 Å². The van der Waals surface area contributed by atoms with Gasteiger partial charge in [-0.05, 0) is 42.0 Å². The summed E-state index contributed by atoms with van der Waals surface area (Å²) in [4.78, 5) is 20.5. The standard InChI is InChI=1S/C30H36F3N5O2/c1-30(2,3)26(37(18-20-15-34-16-24(20)33)29(39)25-10-7-13-40-25)28-35-27(22-14-21(31)11-12-23(22)32)36-38(28)17-19-8-5-4-6-9-19/h4-6,8-9,11-12,14,20,24-26,34H,7,10,13,15-18H2,1-3H3/t20-,24-,25?,26-/m0/s1. The SMILES string of the molecule is CC(C)(C)[C@H](c1nc(-c2cc(F)ccc2F)nn1Cc1ccccc1)N(C[C@@H]1CNC[C@@H]1F)C(=O)C1CCCO1. The quantitative estimate of drug-likeness (QED) is 0.427. The van der Waals surface area contributed by atoms with E-state index in [1.807, 2.05) is 51.1 Å². The van der Waals surface area contributed by atoms with E-state index in [1.165, 1.54) is 0 Å². The van der Waals surface area contributed by atoms with Crippen molar-refractivity contribution in [1.82, 2.24) is 25.0 Å². The molecule has 2 aromatic carbocycles. The Bertz CT molecular complexity index is 1320. The van der Waals surface area contributed by atoms with Gasteiger partial charge in [0.15, 0.2) is 11.6 Å². The number of alkyl halides is 1. The lowest BCUT2D eigenvalue weighted by atomic mass is 9.83. The molecule has 40 heavy (non-hydrogen) atoms. The van der Waals surface area contributed by atoms with Gasteiger partial charge in [-0.25, -0.2) is 22.8 Å². The summed E-state index contributed by atoms with van der Waals surface area (Å²) in [6, 6.07) is 12.1. The maximum atomic E-state index is 14.9. The lowest BCUT2D eigenvalue weighted by Crippen LogP contribution is -2.49. The summed E-state index contributed by atoms with van der Waals surface area (Å²) < 4.78 is 51.4. The number of aromatic nitrogens is 3. The van der Waals surface area contributed by atoms with Gasteiger partial charge in [-0.1, -0.05) is 51.1 Å². The van der Waals surface area contributed by atoms with E-state index in [0.29, 0.717) is 31.9 Å². The minimum Gasteiger partial charge on any atom is -0.368 e. The van der Waals surface area contributed by atoms with Crippen molar-refractivity contribution in [3.05, 3.63) is 71.6 Å². The third-order valence-corrected chi connectivity index (χ3v) is 7.60. The van der Waals surface area contributed by atoms with Crippen LogP contribution in [0, 0.1) is 23.0 Å².